The SMILES string of the molecule is CN1CCN(S(=O)(=O)c2cccc(Cl)c2)C(CN)C1. The maximum atomic E-state index is 12.6. The van der Waals surface area contributed by atoms with Crippen LogP contribution in [0.2, 0.25) is 5.02 Å². The van der Waals surface area contributed by atoms with Crippen LogP contribution >= 0.6 is 11.6 Å². The maximum absolute atomic E-state index is 12.6. The summed E-state index contributed by atoms with van der Waals surface area (Å²) < 4.78 is 26.7. The number of hydrogen-bond acceptors (Lipinski definition) is 4. The molecule has 0 aromatic heterocycles. The van der Waals surface area contributed by atoms with Crippen LogP contribution in [0, 0.1) is 0 Å². The van der Waals surface area contributed by atoms with Crippen molar-refractivity contribution in [3.05, 3.63) is 29.3 Å². The largest absolute Gasteiger partial charge is 0.329 e. The third-order valence-corrected chi connectivity index (χ3v) is 5.49. The van der Waals surface area contributed by atoms with Gasteiger partial charge >= 0.3 is 0 Å². The first kappa shape index (κ1) is 14.7. The van der Waals surface area contributed by atoms with Gasteiger partial charge in [-0.3, -0.25) is 0 Å². The van der Waals surface area contributed by atoms with Gasteiger partial charge in [0.1, 0.15) is 0 Å². The average molecular weight is 304 g/mol. The molecule has 1 saturated heterocycles. The summed E-state index contributed by atoms with van der Waals surface area (Å²) in [6.07, 6.45) is 0. The second-order valence-electron chi connectivity index (χ2n) is 4.72. The van der Waals surface area contributed by atoms with Gasteiger partial charge in [-0.25, -0.2) is 8.42 Å². The molecule has 1 unspecified atom stereocenters. The number of piperazine rings is 1. The molecule has 2 rings (SSSR count). The summed E-state index contributed by atoms with van der Waals surface area (Å²) in [5, 5.41) is 0.416. The van der Waals surface area contributed by atoms with E-state index < -0.39 is 10.0 Å². The Morgan fingerprint density at radius 3 is 2.79 bits per heavy atom. The van der Waals surface area contributed by atoms with Crippen molar-refractivity contribution in [2.45, 2.75) is 10.9 Å². The molecule has 106 valence electrons. The zero-order valence-corrected chi connectivity index (χ0v) is 12.4. The normalized spacial score (nSPS) is 22.6. The van der Waals surface area contributed by atoms with Gasteiger partial charge in [0.2, 0.25) is 10.0 Å². The molecule has 0 radical (unpaired) electrons. The van der Waals surface area contributed by atoms with Crippen molar-refractivity contribution in [2.24, 2.45) is 5.73 Å². The van der Waals surface area contributed by atoms with E-state index in [1.54, 1.807) is 18.2 Å². The van der Waals surface area contributed by atoms with Crippen LogP contribution in [0.1, 0.15) is 0 Å². The highest BCUT2D eigenvalue weighted by atomic mass is 35.5. The molecule has 2 N–H and O–H groups in total. The van der Waals surface area contributed by atoms with Crippen molar-refractivity contribution >= 4 is 21.6 Å². The summed E-state index contributed by atoms with van der Waals surface area (Å²) in [4.78, 5) is 2.31. The summed E-state index contributed by atoms with van der Waals surface area (Å²) in [7, 11) is -1.56. The first-order valence-electron chi connectivity index (χ1n) is 6.11. The van der Waals surface area contributed by atoms with E-state index in [9.17, 15) is 8.42 Å². The number of benzene rings is 1. The molecule has 0 bridgehead atoms. The van der Waals surface area contributed by atoms with Crippen LogP contribution in [0.4, 0.5) is 0 Å². The highest BCUT2D eigenvalue weighted by molar-refractivity contribution is 7.89. The number of hydrogen-bond donors (Lipinski definition) is 1. The summed E-state index contributed by atoms with van der Waals surface area (Å²) in [5.41, 5.74) is 5.70. The highest BCUT2D eigenvalue weighted by Gasteiger charge is 2.34. The van der Waals surface area contributed by atoms with Crippen molar-refractivity contribution < 1.29 is 8.42 Å². The Bertz CT molecular complexity index is 550. The van der Waals surface area contributed by atoms with Gasteiger partial charge in [0, 0.05) is 31.2 Å². The standard InChI is InChI=1S/C12H18ClN3O2S/c1-15-5-6-16(11(8-14)9-15)19(17,18)12-4-2-3-10(13)7-12/h2-4,7,11H,5-6,8-9,14H2,1H3. The van der Waals surface area contributed by atoms with Crippen LogP contribution in [0.15, 0.2) is 29.2 Å². The summed E-state index contributed by atoms with van der Waals surface area (Å²) in [6.45, 7) is 2.12. The zero-order chi connectivity index (χ0) is 14.0. The minimum absolute atomic E-state index is 0.192. The minimum Gasteiger partial charge on any atom is -0.329 e. The van der Waals surface area contributed by atoms with E-state index in [-0.39, 0.29) is 10.9 Å². The lowest BCUT2D eigenvalue weighted by molar-refractivity contribution is 0.164. The van der Waals surface area contributed by atoms with E-state index in [2.05, 4.69) is 4.90 Å². The van der Waals surface area contributed by atoms with E-state index in [1.165, 1.54) is 10.4 Å². The molecule has 1 atom stereocenters. The Morgan fingerprint density at radius 1 is 1.42 bits per heavy atom. The monoisotopic (exact) mass is 303 g/mol. The van der Waals surface area contributed by atoms with Crippen molar-refractivity contribution in [2.75, 3.05) is 33.2 Å². The molecule has 0 spiro atoms. The predicted molar refractivity (Wildman–Crippen MR) is 75.7 cm³/mol. The Balaban J connectivity index is 2.33. The molecule has 1 aliphatic rings. The molecule has 5 nitrogen and oxygen atoms in total. The Hall–Kier alpha value is -0.660. The van der Waals surface area contributed by atoms with E-state index in [1.807, 2.05) is 7.05 Å². The average Bonchev–Trinajstić information content (AvgIpc) is 2.38. The lowest BCUT2D eigenvalue weighted by atomic mass is 10.2. The topological polar surface area (TPSA) is 66.6 Å². The lowest BCUT2D eigenvalue weighted by Gasteiger charge is -2.38. The Morgan fingerprint density at radius 2 is 2.16 bits per heavy atom. The molecule has 0 saturated carbocycles. The van der Waals surface area contributed by atoms with Crippen LogP contribution in [-0.4, -0.2) is 56.9 Å². The smallest absolute Gasteiger partial charge is 0.243 e. The van der Waals surface area contributed by atoms with E-state index in [0.29, 0.717) is 31.2 Å². The molecule has 1 aliphatic heterocycles. The van der Waals surface area contributed by atoms with Crippen molar-refractivity contribution in [1.29, 1.82) is 0 Å². The minimum atomic E-state index is -3.53. The number of nitrogens with two attached hydrogens (primary N) is 1. The zero-order valence-electron chi connectivity index (χ0n) is 10.8. The summed E-state index contributed by atoms with van der Waals surface area (Å²) in [6, 6.07) is 6.14. The van der Waals surface area contributed by atoms with Gasteiger partial charge in [0.25, 0.3) is 0 Å². The predicted octanol–water partition coefficient (Wildman–Crippen LogP) is 0.603. The summed E-state index contributed by atoms with van der Waals surface area (Å²) >= 11 is 5.87. The second kappa shape index (κ2) is 5.76. The number of likely N-dealkylation sites (N-methyl/N-ethyl adjacent to an activating group) is 1. The third-order valence-electron chi connectivity index (χ3n) is 3.31. The Labute approximate surface area is 119 Å². The third kappa shape index (κ3) is 3.09. The lowest BCUT2D eigenvalue weighted by Crippen LogP contribution is -2.56. The fourth-order valence-electron chi connectivity index (χ4n) is 2.27. The van der Waals surface area contributed by atoms with Crippen LogP contribution in [0.3, 0.4) is 0 Å². The van der Waals surface area contributed by atoms with Gasteiger partial charge in [-0.05, 0) is 25.2 Å². The molecular formula is C12H18ClN3O2S. The number of rotatable bonds is 3. The Kier molecular flexibility index (Phi) is 4.47. The molecule has 7 heteroatoms. The number of halogens is 1. The van der Waals surface area contributed by atoms with Gasteiger partial charge in [-0.15, -0.1) is 0 Å². The van der Waals surface area contributed by atoms with Gasteiger partial charge in [0.15, 0.2) is 0 Å². The maximum Gasteiger partial charge on any atom is 0.243 e. The van der Waals surface area contributed by atoms with Crippen molar-refractivity contribution in [1.82, 2.24) is 9.21 Å². The first-order valence-corrected chi connectivity index (χ1v) is 7.93. The van der Waals surface area contributed by atoms with Gasteiger partial charge in [-0.1, -0.05) is 17.7 Å². The van der Waals surface area contributed by atoms with Gasteiger partial charge < -0.3 is 10.6 Å². The fraction of sp³-hybridized carbons (Fsp3) is 0.500. The molecule has 1 heterocycles. The van der Waals surface area contributed by atoms with E-state index in [4.69, 9.17) is 17.3 Å². The number of nitrogens with zero attached hydrogens (tertiary/aromatic N) is 2. The van der Waals surface area contributed by atoms with Crippen LogP contribution in [-0.2, 0) is 10.0 Å². The van der Waals surface area contributed by atoms with Gasteiger partial charge in [0.05, 0.1) is 10.9 Å². The molecular weight excluding hydrogens is 286 g/mol. The highest BCUT2D eigenvalue weighted by Crippen LogP contribution is 2.23. The van der Waals surface area contributed by atoms with Crippen LogP contribution in [0.25, 0.3) is 0 Å². The quantitative estimate of drug-likeness (QED) is 0.888. The molecule has 0 aliphatic carbocycles. The number of sulfonamides is 1. The second-order valence-corrected chi connectivity index (χ2v) is 7.05. The molecule has 1 aromatic carbocycles. The first-order chi connectivity index (χ1) is 8.95. The molecule has 0 amide bonds. The van der Waals surface area contributed by atoms with Gasteiger partial charge in [-0.2, -0.15) is 4.31 Å². The van der Waals surface area contributed by atoms with Crippen molar-refractivity contribution in [3.8, 4) is 0 Å². The van der Waals surface area contributed by atoms with E-state index in [0.717, 1.165) is 0 Å². The van der Waals surface area contributed by atoms with Crippen LogP contribution < -0.4 is 5.73 Å². The van der Waals surface area contributed by atoms with Crippen molar-refractivity contribution in [3.63, 3.8) is 0 Å². The molecule has 1 fully saturated rings. The molecule has 19 heavy (non-hydrogen) atoms. The summed E-state index contributed by atoms with van der Waals surface area (Å²) in [5.74, 6) is 0. The van der Waals surface area contributed by atoms with E-state index >= 15 is 0 Å². The molecule has 1 aromatic rings. The van der Waals surface area contributed by atoms with Crippen LogP contribution in [0.5, 0.6) is 0 Å². The fourth-order valence-corrected chi connectivity index (χ4v) is 4.18.